The van der Waals surface area contributed by atoms with Crippen LogP contribution in [0.25, 0.3) is 21.5 Å². The van der Waals surface area contributed by atoms with Crippen LogP contribution < -0.4 is 0 Å². The van der Waals surface area contributed by atoms with E-state index in [9.17, 15) is 15.0 Å². The minimum atomic E-state index is -0.990. The molecule has 0 spiro atoms. The maximum atomic E-state index is 12.3. The molecule has 42 heavy (non-hydrogen) atoms. The molecular weight excluding hydrogens is 595 g/mol. The lowest BCUT2D eigenvalue weighted by Gasteiger charge is -2.51. The van der Waals surface area contributed by atoms with Gasteiger partial charge in [0, 0.05) is 17.0 Å². The van der Waals surface area contributed by atoms with Crippen LogP contribution >= 0.6 is 34.5 Å². The van der Waals surface area contributed by atoms with Gasteiger partial charge in [-0.2, -0.15) is 0 Å². The van der Waals surface area contributed by atoms with Crippen molar-refractivity contribution < 1.29 is 24.3 Å². The second kappa shape index (κ2) is 10.0. The summed E-state index contributed by atoms with van der Waals surface area (Å²) in [6, 6.07) is 10.5. The Morgan fingerprint density at radius 1 is 1.07 bits per heavy atom. The van der Waals surface area contributed by atoms with Crippen LogP contribution in [0.5, 0.6) is 0 Å². The number of carbonyl (C=O) groups is 1. The first kappa shape index (κ1) is 27.1. The highest BCUT2D eigenvalue weighted by atomic mass is 35.5. The number of nitrogens with zero attached hydrogens (tertiary/aromatic N) is 2. The number of rotatable bonds is 7. The van der Waals surface area contributed by atoms with Crippen molar-refractivity contribution in [3.8, 4) is 11.3 Å². The molecule has 0 aliphatic heterocycles. The molecule has 5 saturated carbocycles. The molecule has 5 aliphatic rings. The molecule has 2 unspecified atom stereocenters. The van der Waals surface area contributed by atoms with Gasteiger partial charge in [-0.15, -0.1) is 11.3 Å². The highest BCUT2D eigenvalue weighted by Gasteiger charge is 2.59. The number of aliphatic hydroxyl groups is 1. The number of halogens is 2. The number of benzene rings is 2. The Balaban J connectivity index is 1.05. The first-order valence-electron chi connectivity index (χ1n) is 14.7. The van der Waals surface area contributed by atoms with E-state index in [1.54, 1.807) is 18.2 Å². The molecule has 5 aliphatic carbocycles. The van der Waals surface area contributed by atoms with E-state index in [2.05, 4.69) is 5.16 Å². The van der Waals surface area contributed by atoms with Gasteiger partial charge in [0.05, 0.1) is 38.5 Å². The molecule has 6 atom stereocenters. The predicted molar refractivity (Wildman–Crippen MR) is 160 cm³/mol. The summed E-state index contributed by atoms with van der Waals surface area (Å²) >= 11 is 14.6. The lowest BCUT2D eigenvalue weighted by atomic mass is 9.58. The van der Waals surface area contributed by atoms with Crippen molar-refractivity contribution in [1.29, 1.82) is 0 Å². The topological polar surface area (TPSA) is 106 Å². The van der Waals surface area contributed by atoms with Gasteiger partial charge in [0.25, 0.3) is 0 Å². The molecule has 5 fully saturated rings. The number of hydrogen-bond donors (Lipinski definition) is 2. The molecule has 0 saturated heterocycles. The number of ether oxygens (including phenoxy) is 1. The minimum absolute atomic E-state index is 0.0829. The van der Waals surface area contributed by atoms with Crippen LogP contribution in [0.3, 0.4) is 0 Å². The highest BCUT2D eigenvalue weighted by Crippen LogP contribution is 2.61. The van der Waals surface area contributed by atoms with Gasteiger partial charge in [-0.25, -0.2) is 9.78 Å². The third-order valence-electron chi connectivity index (χ3n) is 10.1. The fourth-order valence-electron chi connectivity index (χ4n) is 8.01. The zero-order chi connectivity index (χ0) is 28.7. The smallest absolute Gasteiger partial charge is 0.335 e. The summed E-state index contributed by atoms with van der Waals surface area (Å²) in [6.07, 6.45) is 6.87. The first-order chi connectivity index (χ1) is 20.3. The second-order valence-corrected chi connectivity index (χ2v) is 14.5. The average molecular weight is 626 g/mol. The molecule has 7 nitrogen and oxygen atoms in total. The lowest BCUT2D eigenvalue weighted by molar-refractivity contribution is -0.148. The standard InChI is InChI=1S/C32H30Cl2N2O5S/c33-22-2-1-3-23(34)27(22)28-21(29(41-36-28)16-4-5-16)14-40-25-10-15-8-19-11-18(25)12-20(9-15)32(19,39)31-35-24-7-6-17(30(37)38)13-26(24)42-31/h1-3,6-7,13,15-16,18-20,25,39H,4-5,8-12,14H2,(H,37,38)/t15?,18-,19+,20-,25?,32+. The summed E-state index contributed by atoms with van der Waals surface area (Å²) in [5, 5.41) is 28.0. The van der Waals surface area contributed by atoms with Crippen LogP contribution in [-0.2, 0) is 16.9 Å². The number of aromatic nitrogens is 2. The number of fused-ring (bicyclic) bond motifs is 2. The fourth-order valence-corrected chi connectivity index (χ4v) is 9.84. The highest BCUT2D eigenvalue weighted by molar-refractivity contribution is 7.18. The third-order valence-corrected chi connectivity index (χ3v) is 11.9. The van der Waals surface area contributed by atoms with Crippen LogP contribution in [0.2, 0.25) is 10.0 Å². The van der Waals surface area contributed by atoms with Crippen molar-refractivity contribution in [3.05, 3.63) is 68.3 Å². The second-order valence-electron chi connectivity index (χ2n) is 12.6. The summed E-state index contributed by atoms with van der Waals surface area (Å²) in [5.41, 5.74) is 2.30. The van der Waals surface area contributed by atoms with Crippen LogP contribution in [0.4, 0.5) is 0 Å². The van der Waals surface area contributed by atoms with Gasteiger partial charge in [0.2, 0.25) is 0 Å². The van der Waals surface area contributed by atoms with Gasteiger partial charge in [-0.3, -0.25) is 0 Å². The summed E-state index contributed by atoms with van der Waals surface area (Å²) in [6.45, 7) is 0.392. The molecule has 4 aromatic rings. The molecule has 9 rings (SSSR count). The Labute approximate surface area is 256 Å². The SMILES string of the molecule is O=C(O)c1ccc2nc([C@@]3(O)[C@@H]4CC5CC(OCc6c(-c7c(Cl)cccc7Cl)noc6C6CC6)[C@@H](C4)C[C@@H]3C5)sc2c1. The van der Waals surface area contributed by atoms with Crippen LogP contribution in [0.15, 0.2) is 40.9 Å². The van der Waals surface area contributed by atoms with E-state index >= 15 is 0 Å². The molecule has 0 amide bonds. The van der Waals surface area contributed by atoms with Crippen LogP contribution in [0, 0.1) is 23.7 Å². The zero-order valence-corrected chi connectivity index (χ0v) is 25.1. The van der Waals surface area contributed by atoms with E-state index in [1.165, 1.54) is 11.3 Å². The van der Waals surface area contributed by atoms with Crippen molar-refractivity contribution in [2.24, 2.45) is 23.7 Å². The predicted octanol–water partition coefficient (Wildman–Crippen LogP) is 8.06. The Bertz CT molecular complexity index is 1680. The molecule has 4 bridgehead atoms. The molecular formula is C32H30Cl2N2O5S. The van der Waals surface area contributed by atoms with Crippen molar-refractivity contribution in [3.63, 3.8) is 0 Å². The monoisotopic (exact) mass is 624 g/mol. The van der Waals surface area contributed by atoms with E-state index in [0.717, 1.165) is 71.5 Å². The van der Waals surface area contributed by atoms with Crippen molar-refractivity contribution in [1.82, 2.24) is 10.1 Å². The number of hydrogen-bond acceptors (Lipinski definition) is 7. The van der Waals surface area contributed by atoms with Crippen molar-refractivity contribution in [2.75, 3.05) is 0 Å². The van der Waals surface area contributed by atoms with Crippen molar-refractivity contribution in [2.45, 2.75) is 69.2 Å². The molecule has 2 aromatic heterocycles. The van der Waals surface area contributed by atoms with Gasteiger partial charge < -0.3 is 19.5 Å². The maximum Gasteiger partial charge on any atom is 0.335 e. The van der Waals surface area contributed by atoms with E-state index in [4.69, 9.17) is 37.4 Å². The number of carboxylic acids is 1. The quantitative estimate of drug-likeness (QED) is 0.214. The van der Waals surface area contributed by atoms with Gasteiger partial charge in [0.15, 0.2) is 0 Å². The summed E-state index contributed by atoms with van der Waals surface area (Å²) in [5.74, 6) is 1.32. The molecule has 10 heteroatoms. The zero-order valence-electron chi connectivity index (χ0n) is 22.8. The van der Waals surface area contributed by atoms with Gasteiger partial charge in [-0.1, -0.05) is 34.4 Å². The Morgan fingerprint density at radius 3 is 2.50 bits per heavy atom. The third kappa shape index (κ3) is 4.33. The minimum Gasteiger partial charge on any atom is -0.478 e. The van der Waals surface area contributed by atoms with E-state index < -0.39 is 11.6 Å². The average Bonchev–Trinajstić information content (AvgIpc) is 3.64. The maximum absolute atomic E-state index is 12.3. The van der Waals surface area contributed by atoms with Gasteiger partial charge in [-0.05, 0) is 98.9 Å². The fraction of sp³-hybridized carbons (Fsp3) is 0.469. The van der Waals surface area contributed by atoms with Gasteiger partial charge >= 0.3 is 5.97 Å². The number of thiazole rings is 1. The van der Waals surface area contributed by atoms with E-state index in [0.29, 0.717) is 45.7 Å². The van der Waals surface area contributed by atoms with Crippen LogP contribution in [-0.4, -0.2) is 32.4 Å². The normalized spacial score (nSPS) is 30.2. The first-order valence-corrected chi connectivity index (χ1v) is 16.3. The summed E-state index contributed by atoms with van der Waals surface area (Å²) in [7, 11) is 0. The lowest BCUT2D eigenvalue weighted by Crippen LogP contribution is -2.51. The molecule has 2 aromatic carbocycles. The largest absolute Gasteiger partial charge is 0.478 e. The summed E-state index contributed by atoms with van der Waals surface area (Å²) in [4.78, 5) is 16.3. The van der Waals surface area contributed by atoms with Crippen LogP contribution in [0.1, 0.15) is 77.6 Å². The van der Waals surface area contributed by atoms with Crippen molar-refractivity contribution >= 4 is 50.7 Å². The van der Waals surface area contributed by atoms with E-state index in [-0.39, 0.29) is 23.5 Å². The van der Waals surface area contributed by atoms with E-state index in [1.807, 2.05) is 18.2 Å². The molecule has 2 N–H and O–H groups in total. The number of carboxylic acid groups (broad SMARTS) is 1. The van der Waals surface area contributed by atoms with Gasteiger partial charge in [0.1, 0.15) is 22.1 Å². The molecule has 218 valence electrons. The Morgan fingerprint density at radius 2 is 1.81 bits per heavy atom. The Kier molecular flexibility index (Phi) is 6.47. The molecule has 0 radical (unpaired) electrons. The summed E-state index contributed by atoms with van der Waals surface area (Å²) < 4.78 is 13.4. The molecule has 2 heterocycles. The Hall–Kier alpha value is -2.49. The number of aromatic carboxylic acids is 1.